The van der Waals surface area contributed by atoms with Crippen molar-refractivity contribution in [2.45, 2.75) is 46.1 Å². The summed E-state index contributed by atoms with van der Waals surface area (Å²) in [6, 6.07) is 18.6. The Labute approximate surface area is 219 Å². The van der Waals surface area contributed by atoms with Gasteiger partial charge in [0.05, 0.1) is 12.8 Å². The summed E-state index contributed by atoms with van der Waals surface area (Å²) in [5, 5.41) is 5.78. The highest BCUT2D eigenvalue weighted by Crippen LogP contribution is 2.41. The molecule has 1 aliphatic rings. The van der Waals surface area contributed by atoms with Crippen LogP contribution in [0.1, 0.15) is 45.2 Å². The molecule has 1 unspecified atom stereocenters. The molecular formula is C31H36N4O2. The molecule has 0 bridgehead atoms. The normalized spacial score (nSPS) is 16.2. The zero-order valence-corrected chi connectivity index (χ0v) is 22.4. The fourth-order valence-electron chi connectivity index (χ4n) is 5.05. The van der Waals surface area contributed by atoms with Crippen molar-refractivity contribution in [1.82, 2.24) is 14.9 Å². The first-order chi connectivity index (χ1) is 17.8. The molecule has 6 nitrogen and oxygen atoms in total. The number of likely N-dealkylation sites (tertiary alicyclic amines) is 1. The number of nitrogens with zero attached hydrogens (tertiary/aromatic N) is 3. The summed E-state index contributed by atoms with van der Waals surface area (Å²) in [5.74, 6) is 2.90. The standard InChI is InChI=1S/C31H36N4O2/c1-21-13-15-35(18-21)19-22-16-23(31(2,3)4)17-27(30(22)36-5)34-26-10-11-28(25-9-7-6-8-24(25)26)37-29-12-14-32-20-33-29/h6-12,14,16-17,20-21,34H,13,15,18-19H2,1-5H3. The third kappa shape index (κ3) is 5.54. The molecule has 1 saturated heterocycles. The highest BCUT2D eigenvalue weighted by Gasteiger charge is 2.24. The maximum Gasteiger partial charge on any atom is 0.222 e. The second-order valence-corrected chi connectivity index (χ2v) is 11.0. The lowest BCUT2D eigenvalue weighted by Crippen LogP contribution is -2.21. The maximum atomic E-state index is 6.10. The Morgan fingerprint density at radius 3 is 2.51 bits per heavy atom. The average Bonchev–Trinajstić information content (AvgIpc) is 3.30. The third-order valence-electron chi connectivity index (χ3n) is 7.06. The molecule has 0 radical (unpaired) electrons. The molecule has 1 aliphatic heterocycles. The van der Waals surface area contributed by atoms with Crippen molar-refractivity contribution in [1.29, 1.82) is 0 Å². The Bertz CT molecular complexity index is 1380. The molecule has 37 heavy (non-hydrogen) atoms. The molecule has 6 heteroatoms. The van der Waals surface area contributed by atoms with Gasteiger partial charge in [-0.1, -0.05) is 58.0 Å². The van der Waals surface area contributed by atoms with Crippen molar-refractivity contribution in [3.63, 3.8) is 0 Å². The minimum atomic E-state index is 0.00700. The molecule has 1 fully saturated rings. The van der Waals surface area contributed by atoms with Gasteiger partial charge < -0.3 is 14.8 Å². The predicted molar refractivity (Wildman–Crippen MR) is 150 cm³/mol. The van der Waals surface area contributed by atoms with E-state index in [4.69, 9.17) is 9.47 Å². The van der Waals surface area contributed by atoms with Crippen LogP contribution in [0.25, 0.3) is 10.8 Å². The topological polar surface area (TPSA) is 59.5 Å². The van der Waals surface area contributed by atoms with E-state index in [1.54, 1.807) is 19.4 Å². The smallest absolute Gasteiger partial charge is 0.222 e. The van der Waals surface area contributed by atoms with E-state index >= 15 is 0 Å². The highest BCUT2D eigenvalue weighted by molar-refractivity contribution is 5.99. The third-order valence-corrected chi connectivity index (χ3v) is 7.06. The van der Waals surface area contributed by atoms with Crippen molar-refractivity contribution in [2.24, 2.45) is 5.92 Å². The van der Waals surface area contributed by atoms with Crippen LogP contribution in [0.5, 0.6) is 17.4 Å². The molecule has 0 spiro atoms. The van der Waals surface area contributed by atoms with Gasteiger partial charge in [0, 0.05) is 47.4 Å². The van der Waals surface area contributed by atoms with E-state index in [1.807, 2.05) is 18.2 Å². The summed E-state index contributed by atoms with van der Waals surface area (Å²) in [4.78, 5) is 10.7. The van der Waals surface area contributed by atoms with E-state index < -0.39 is 0 Å². The average molecular weight is 497 g/mol. The lowest BCUT2D eigenvalue weighted by molar-refractivity contribution is 0.311. The van der Waals surface area contributed by atoms with E-state index in [-0.39, 0.29) is 5.41 Å². The number of fused-ring (bicyclic) bond motifs is 1. The van der Waals surface area contributed by atoms with Crippen LogP contribution in [-0.4, -0.2) is 35.1 Å². The zero-order valence-electron chi connectivity index (χ0n) is 22.4. The van der Waals surface area contributed by atoms with E-state index in [9.17, 15) is 0 Å². The molecule has 5 rings (SSSR count). The van der Waals surface area contributed by atoms with Gasteiger partial charge in [0.15, 0.2) is 0 Å². The van der Waals surface area contributed by atoms with Crippen LogP contribution < -0.4 is 14.8 Å². The van der Waals surface area contributed by atoms with Gasteiger partial charge in [-0.05, 0) is 48.1 Å². The van der Waals surface area contributed by atoms with Crippen LogP contribution in [0, 0.1) is 5.92 Å². The van der Waals surface area contributed by atoms with Crippen molar-refractivity contribution in [3.05, 3.63) is 78.2 Å². The van der Waals surface area contributed by atoms with Gasteiger partial charge in [0.2, 0.25) is 5.88 Å². The van der Waals surface area contributed by atoms with Gasteiger partial charge in [-0.15, -0.1) is 0 Å². The number of ether oxygens (including phenoxy) is 2. The molecule has 0 amide bonds. The molecule has 0 saturated carbocycles. The van der Waals surface area contributed by atoms with E-state index in [2.05, 4.69) is 78.2 Å². The molecule has 1 atom stereocenters. The van der Waals surface area contributed by atoms with Crippen molar-refractivity contribution >= 4 is 22.1 Å². The molecule has 1 N–H and O–H groups in total. The van der Waals surface area contributed by atoms with Gasteiger partial charge in [-0.3, -0.25) is 4.90 Å². The Hall–Kier alpha value is -3.64. The number of rotatable bonds is 7. The lowest BCUT2D eigenvalue weighted by Gasteiger charge is -2.26. The second kappa shape index (κ2) is 10.4. The number of benzene rings is 3. The Balaban J connectivity index is 1.55. The Kier molecular flexibility index (Phi) is 7.02. The number of hydrogen-bond acceptors (Lipinski definition) is 6. The number of methoxy groups -OCH3 is 1. The molecular weight excluding hydrogens is 460 g/mol. The van der Waals surface area contributed by atoms with Gasteiger partial charge in [-0.2, -0.15) is 0 Å². The SMILES string of the molecule is COc1c(CN2CCC(C)C2)cc(C(C)(C)C)cc1Nc1ccc(Oc2ccncn2)c2ccccc12. The van der Waals surface area contributed by atoms with E-state index in [1.165, 1.54) is 23.9 Å². The Morgan fingerprint density at radius 2 is 1.84 bits per heavy atom. The van der Waals surface area contributed by atoms with Crippen LogP contribution in [-0.2, 0) is 12.0 Å². The van der Waals surface area contributed by atoms with Crippen LogP contribution in [0.15, 0.2) is 67.1 Å². The highest BCUT2D eigenvalue weighted by atomic mass is 16.5. The quantitative estimate of drug-likeness (QED) is 0.289. The van der Waals surface area contributed by atoms with Crippen LogP contribution >= 0.6 is 0 Å². The maximum absolute atomic E-state index is 6.10. The molecule has 4 aromatic rings. The van der Waals surface area contributed by atoms with Crippen LogP contribution in [0.3, 0.4) is 0 Å². The first kappa shape index (κ1) is 25.0. The van der Waals surface area contributed by atoms with Gasteiger partial charge in [-0.25, -0.2) is 9.97 Å². The van der Waals surface area contributed by atoms with Gasteiger partial charge in [0.25, 0.3) is 0 Å². The number of aromatic nitrogens is 2. The van der Waals surface area contributed by atoms with Crippen molar-refractivity contribution < 1.29 is 9.47 Å². The summed E-state index contributed by atoms with van der Waals surface area (Å²) in [6.07, 6.45) is 4.42. The predicted octanol–water partition coefficient (Wildman–Crippen LogP) is 7.31. The summed E-state index contributed by atoms with van der Waals surface area (Å²) < 4.78 is 12.1. The van der Waals surface area contributed by atoms with E-state index in [0.29, 0.717) is 5.88 Å². The summed E-state index contributed by atoms with van der Waals surface area (Å²) >= 11 is 0. The summed E-state index contributed by atoms with van der Waals surface area (Å²) in [7, 11) is 1.77. The molecule has 0 aliphatic carbocycles. The van der Waals surface area contributed by atoms with Gasteiger partial charge >= 0.3 is 0 Å². The monoisotopic (exact) mass is 496 g/mol. The molecule has 2 heterocycles. The molecule has 1 aromatic heterocycles. The first-order valence-corrected chi connectivity index (χ1v) is 13.0. The van der Waals surface area contributed by atoms with Crippen LogP contribution in [0.4, 0.5) is 11.4 Å². The van der Waals surface area contributed by atoms with Crippen LogP contribution in [0.2, 0.25) is 0 Å². The second-order valence-electron chi connectivity index (χ2n) is 11.0. The molecule has 192 valence electrons. The lowest BCUT2D eigenvalue weighted by atomic mass is 9.85. The first-order valence-electron chi connectivity index (χ1n) is 13.0. The fourth-order valence-corrected chi connectivity index (χ4v) is 5.05. The summed E-state index contributed by atoms with van der Waals surface area (Å²) in [5.41, 5.74) is 4.49. The fraction of sp³-hybridized carbons (Fsp3) is 0.355. The van der Waals surface area contributed by atoms with Crippen molar-refractivity contribution in [3.8, 4) is 17.4 Å². The minimum absolute atomic E-state index is 0.00700. The Morgan fingerprint density at radius 1 is 1.03 bits per heavy atom. The largest absolute Gasteiger partial charge is 0.494 e. The minimum Gasteiger partial charge on any atom is -0.494 e. The van der Waals surface area contributed by atoms with Gasteiger partial charge in [0.1, 0.15) is 17.8 Å². The molecule has 3 aromatic carbocycles. The zero-order chi connectivity index (χ0) is 26.0. The van der Waals surface area contributed by atoms with Crippen molar-refractivity contribution in [2.75, 3.05) is 25.5 Å². The van der Waals surface area contributed by atoms with E-state index in [0.717, 1.165) is 59.2 Å². The number of anilines is 2. The number of hydrogen-bond donors (Lipinski definition) is 1. The summed E-state index contributed by atoms with van der Waals surface area (Å²) in [6.45, 7) is 12.3. The number of nitrogens with one attached hydrogen (secondary N) is 1.